The average molecular weight is 351 g/mol. The highest BCUT2D eigenvalue weighted by molar-refractivity contribution is 5.39. The molecule has 1 aromatic heterocycles. The average Bonchev–Trinajstić information content (AvgIpc) is 3.27. The molecule has 1 fully saturated rings. The van der Waals surface area contributed by atoms with E-state index in [1.807, 2.05) is 12.4 Å². The quantitative estimate of drug-likeness (QED) is 0.799. The molecule has 4 heteroatoms. The molecule has 4 rings (SSSR count). The smallest absolute Gasteiger partial charge is 0.122 e. The van der Waals surface area contributed by atoms with E-state index in [-0.39, 0.29) is 0 Å². The molecular weight excluding hydrogens is 322 g/mol. The highest BCUT2D eigenvalue weighted by Gasteiger charge is 2.33. The number of likely N-dealkylation sites (N-methyl/N-ethyl adjacent to an activating group) is 1. The van der Waals surface area contributed by atoms with Crippen molar-refractivity contribution in [2.24, 2.45) is 5.92 Å². The van der Waals surface area contributed by atoms with E-state index in [0.717, 1.165) is 38.3 Å². The molecule has 2 aliphatic heterocycles. The summed E-state index contributed by atoms with van der Waals surface area (Å²) in [7, 11) is 4.50. The lowest BCUT2D eigenvalue weighted by molar-refractivity contribution is 0.219. The zero-order valence-electron chi connectivity index (χ0n) is 15.9. The first-order valence-corrected chi connectivity index (χ1v) is 9.74. The van der Waals surface area contributed by atoms with Crippen LogP contribution in [0.5, 0.6) is 5.75 Å². The first-order valence-electron chi connectivity index (χ1n) is 9.74. The fraction of sp³-hybridized carbons (Fsp3) is 0.500. The monoisotopic (exact) mass is 351 g/mol. The summed E-state index contributed by atoms with van der Waals surface area (Å²) >= 11 is 0. The summed E-state index contributed by atoms with van der Waals surface area (Å²) in [4.78, 5) is 9.31. The number of likely N-dealkylation sites (tertiary alicyclic amines) is 1. The summed E-state index contributed by atoms with van der Waals surface area (Å²) < 4.78 is 5.61. The highest BCUT2D eigenvalue weighted by atomic mass is 16.5. The number of fused-ring (bicyclic) bond motifs is 1. The topological polar surface area (TPSA) is 28.6 Å². The van der Waals surface area contributed by atoms with Crippen LogP contribution in [0, 0.1) is 5.92 Å². The van der Waals surface area contributed by atoms with Crippen LogP contribution in [-0.2, 0) is 12.8 Å². The highest BCUT2D eigenvalue weighted by Crippen LogP contribution is 2.36. The fourth-order valence-electron chi connectivity index (χ4n) is 4.50. The molecule has 2 aliphatic rings. The third kappa shape index (κ3) is 3.76. The number of benzene rings is 1. The van der Waals surface area contributed by atoms with Crippen molar-refractivity contribution in [2.75, 3.05) is 40.3 Å². The Labute approximate surface area is 156 Å². The van der Waals surface area contributed by atoms with Crippen molar-refractivity contribution < 1.29 is 4.74 Å². The van der Waals surface area contributed by atoms with Gasteiger partial charge in [-0.1, -0.05) is 18.2 Å². The van der Waals surface area contributed by atoms with Crippen molar-refractivity contribution in [3.63, 3.8) is 0 Å². The molecule has 138 valence electrons. The maximum Gasteiger partial charge on any atom is 0.122 e. The number of nitrogens with zero attached hydrogens (tertiary/aromatic N) is 3. The second-order valence-corrected chi connectivity index (χ2v) is 7.81. The van der Waals surface area contributed by atoms with Gasteiger partial charge >= 0.3 is 0 Å². The molecule has 0 N–H and O–H groups in total. The van der Waals surface area contributed by atoms with Crippen molar-refractivity contribution in [2.45, 2.75) is 25.3 Å². The Bertz CT molecular complexity index is 733. The predicted molar refractivity (Wildman–Crippen MR) is 105 cm³/mol. The molecule has 4 nitrogen and oxygen atoms in total. The molecule has 0 spiro atoms. The van der Waals surface area contributed by atoms with Gasteiger partial charge in [0.15, 0.2) is 0 Å². The molecule has 0 saturated carbocycles. The Morgan fingerprint density at radius 1 is 1.31 bits per heavy atom. The molecule has 0 radical (unpaired) electrons. The van der Waals surface area contributed by atoms with Crippen molar-refractivity contribution in [3.05, 3.63) is 59.4 Å². The number of hydrogen-bond acceptors (Lipinski definition) is 4. The Hall–Kier alpha value is -1.91. The Morgan fingerprint density at radius 3 is 3.08 bits per heavy atom. The van der Waals surface area contributed by atoms with E-state index in [9.17, 15) is 0 Å². The minimum absolute atomic E-state index is 0.489. The fourth-order valence-corrected chi connectivity index (χ4v) is 4.50. The minimum Gasteiger partial charge on any atom is -0.493 e. The predicted octanol–water partition coefficient (Wildman–Crippen LogP) is 3.18. The van der Waals surface area contributed by atoms with Crippen LogP contribution in [0.15, 0.2) is 42.7 Å². The number of aromatic nitrogens is 1. The normalized spacial score (nSPS) is 22.6. The molecule has 26 heavy (non-hydrogen) atoms. The first-order chi connectivity index (χ1) is 12.7. The van der Waals surface area contributed by atoms with Crippen LogP contribution < -0.4 is 4.74 Å². The second kappa shape index (κ2) is 7.77. The molecule has 0 unspecified atom stereocenters. The summed E-state index contributed by atoms with van der Waals surface area (Å²) in [5.74, 6) is 1.75. The molecule has 3 heterocycles. The van der Waals surface area contributed by atoms with Crippen LogP contribution in [0.2, 0.25) is 0 Å². The van der Waals surface area contributed by atoms with Gasteiger partial charge in [-0.2, -0.15) is 0 Å². The van der Waals surface area contributed by atoms with E-state index in [1.165, 1.54) is 29.7 Å². The van der Waals surface area contributed by atoms with Gasteiger partial charge in [0, 0.05) is 37.9 Å². The van der Waals surface area contributed by atoms with Crippen molar-refractivity contribution in [1.82, 2.24) is 14.8 Å². The van der Waals surface area contributed by atoms with Crippen LogP contribution in [0.4, 0.5) is 0 Å². The summed E-state index contributed by atoms with van der Waals surface area (Å²) in [5, 5.41) is 0. The molecule has 1 aromatic carbocycles. The summed E-state index contributed by atoms with van der Waals surface area (Å²) in [6.45, 7) is 4.24. The van der Waals surface area contributed by atoms with Gasteiger partial charge in [-0.3, -0.25) is 9.88 Å². The van der Waals surface area contributed by atoms with E-state index in [4.69, 9.17) is 4.74 Å². The number of ether oxygens (including phenoxy) is 1. The maximum absolute atomic E-state index is 5.61. The standard InChI is InChI=1S/C22H29N3O/c1-24(11-7-17-5-6-21-18(14-17)9-13-26-21)16-20-8-12-25(2)22(20)19-4-3-10-23-15-19/h3-6,10,14-15,20,22H,7-9,11-13,16H2,1-2H3/t20-,22-/m0/s1. The van der Waals surface area contributed by atoms with Gasteiger partial charge in [-0.15, -0.1) is 0 Å². The Balaban J connectivity index is 1.34. The zero-order valence-corrected chi connectivity index (χ0v) is 15.9. The molecule has 0 bridgehead atoms. The van der Waals surface area contributed by atoms with Crippen LogP contribution >= 0.6 is 0 Å². The van der Waals surface area contributed by atoms with Crippen LogP contribution in [-0.4, -0.2) is 55.1 Å². The van der Waals surface area contributed by atoms with Crippen molar-refractivity contribution >= 4 is 0 Å². The van der Waals surface area contributed by atoms with E-state index in [2.05, 4.69) is 59.2 Å². The molecular formula is C22H29N3O. The van der Waals surface area contributed by atoms with Crippen LogP contribution in [0.1, 0.15) is 29.2 Å². The van der Waals surface area contributed by atoms with Gasteiger partial charge in [0.2, 0.25) is 0 Å². The third-order valence-electron chi connectivity index (χ3n) is 5.88. The lowest BCUT2D eigenvalue weighted by atomic mass is 9.94. The van der Waals surface area contributed by atoms with Gasteiger partial charge < -0.3 is 9.64 Å². The second-order valence-electron chi connectivity index (χ2n) is 7.81. The zero-order chi connectivity index (χ0) is 17.9. The van der Waals surface area contributed by atoms with Gasteiger partial charge in [-0.05, 0) is 68.2 Å². The number of hydrogen-bond donors (Lipinski definition) is 0. The molecule has 2 aromatic rings. The van der Waals surface area contributed by atoms with E-state index in [1.54, 1.807) is 0 Å². The van der Waals surface area contributed by atoms with E-state index >= 15 is 0 Å². The molecule has 2 atom stereocenters. The van der Waals surface area contributed by atoms with Crippen LogP contribution in [0.3, 0.4) is 0 Å². The van der Waals surface area contributed by atoms with Crippen molar-refractivity contribution in [1.29, 1.82) is 0 Å². The van der Waals surface area contributed by atoms with Gasteiger partial charge in [0.05, 0.1) is 6.61 Å². The van der Waals surface area contributed by atoms with Crippen LogP contribution in [0.25, 0.3) is 0 Å². The third-order valence-corrected chi connectivity index (χ3v) is 5.88. The largest absolute Gasteiger partial charge is 0.493 e. The van der Waals surface area contributed by atoms with Gasteiger partial charge in [0.1, 0.15) is 5.75 Å². The lowest BCUT2D eigenvalue weighted by Gasteiger charge is -2.28. The van der Waals surface area contributed by atoms with E-state index < -0.39 is 0 Å². The summed E-state index contributed by atoms with van der Waals surface area (Å²) in [6.07, 6.45) is 7.31. The Morgan fingerprint density at radius 2 is 2.23 bits per heavy atom. The lowest BCUT2D eigenvalue weighted by Crippen LogP contribution is -2.31. The first kappa shape index (κ1) is 17.5. The Kier molecular flexibility index (Phi) is 5.23. The maximum atomic E-state index is 5.61. The SMILES string of the molecule is CN(CCc1ccc2c(c1)CCO2)C[C@@H]1CCN(C)[C@H]1c1cccnc1. The van der Waals surface area contributed by atoms with Gasteiger partial charge in [-0.25, -0.2) is 0 Å². The molecule has 0 aliphatic carbocycles. The van der Waals surface area contributed by atoms with Crippen molar-refractivity contribution in [3.8, 4) is 5.75 Å². The number of pyridine rings is 1. The number of rotatable bonds is 6. The summed E-state index contributed by atoms with van der Waals surface area (Å²) in [6, 6.07) is 11.5. The van der Waals surface area contributed by atoms with Gasteiger partial charge in [0.25, 0.3) is 0 Å². The minimum atomic E-state index is 0.489. The summed E-state index contributed by atoms with van der Waals surface area (Å²) in [5.41, 5.74) is 4.15. The van der Waals surface area contributed by atoms with E-state index in [0.29, 0.717) is 12.0 Å². The molecule has 1 saturated heterocycles. The molecule has 0 amide bonds.